The molecule has 0 unspecified atom stereocenters. The zero-order chi connectivity index (χ0) is 36.2. The first kappa shape index (κ1) is 55.2. The van der Waals surface area contributed by atoms with Crippen LogP contribution in [-0.2, 0) is 49.2 Å². The molecule has 0 atom stereocenters. The third kappa shape index (κ3) is 23.4. The van der Waals surface area contributed by atoms with Crippen molar-refractivity contribution in [2.75, 3.05) is 19.6 Å². The van der Waals surface area contributed by atoms with Gasteiger partial charge in [0.05, 0.1) is 0 Å². The number of rotatable bonds is 23. The summed E-state index contributed by atoms with van der Waals surface area (Å²) in [7, 11) is -10.2. The molecule has 276 valence electrons. The first-order chi connectivity index (χ1) is 22.6. The van der Waals surface area contributed by atoms with Gasteiger partial charge < -0.3 is 30.3 Å². The summed E-state index contributed by atoms with van der Waals surface area (Å²) in [5, 5.41) is 15.4. The van der Waals surface area contributed by atoms with Crippen LogP contribution in [0.3, 0.4) is 0 Å². The number of amides is 3. The number of nitrogens with zero attached hydrogens (tertiary/aromatic N) is 3. The van der Waals surface area contributed by atoms with Crippen molar-refractivity contribution in [2.24, 2.45) is 0 Å². The Morgan fingerprint density at radius 1 is 0.549 bits per heavy atom. The van der Waals surface area contributed by atoms with Gasteiger partial charge in [0.2, 0.25) is 0 Å². The molecule has 1 aromatic rings. The molecule has 0 aliphatic carbocycles. The van der Waals surface area contributed by atoms with Gasteiger partial charge >= 0.3 is 121 Å². The number of hydrogen-bond acceptors (Lipinski definition) is 16. The molecule has 27 heteroatoms. The molecule has 1 heterocycles. The van der Waals surface area contributed by atoms with Gasteiger partial charge in [0.1, 0.15) is 12.0 Å². The molecule has 0 aliphatic heterocycles. The number of aromatic nitrogens is 3. The normalized spacial score (nSPS) is 11.0. The second kappa shape index (κ2) is 30.1. The van der Waals surface area contributed by atoms with E-state index < -0.39 is 53.0 Å². The topological polar surface area (TPSA) is 309 Å². The van der Waals surface area contributed by atoms with Crippen LogP contribution in [0.5, 0.6) is 0 Å². The Hall–Kier alpha value is -0.130. The van der Waals surface area contributed by atoms with Crippen molar-refractivity contribution in [1.82, 2.24) is 29.7 Å². The maximum absolute atomic E-state index is 13.2. The third-order valence-electron chi connectivity index (χ3n) is 6.71. The van der Waals surface area contributed by atoms with Crippen LogP contribution < -0.4 is 127 Å². The molecular formula is C24H39N6Na3O15S3. The number of hydrogen-bond donors (Lipinski definition) is 3. The Labute approximate surface area is 365 Å². The van der Waals surface area contributed by atoms with Crippen LogP contribution in [-0.4, -0.2) is 75.0 Å². The first-order valence-electron chi connectivity index (χ1n) is 14.9. The molecule has 0 fully saturated rings. The molecule has 0 radical (unpaired) electrons. The Balaban J connectivity index is -0.00000768. The smallest absolute Gasteiger partial charge is 0.740 e. The van der Waals surface area contributed by atoms with Crippen LogP contribution in [0.15, 0.2) is 14.4 Å². The van der Waals surface area contributed by atoms with Gasteiger partial charge in [-0.3, -0.25) is 19.4 Å². The largest absolute Gasteiger partial charge is 1.00 e. The van der Waals surface area contributed by atoms with Crippen LogP contribution in [0.25, 0.3) is 0 Å². The average molecular weight is 817 g/mol. The maximum Gasteiger partial charge on any atom is 1.00 e. The summed E-state index contributed by atoms with van der Waals surface area (Å²) in [4.78, 5) is 73.1. The van der Waals surface area contributed by atoms with E-state index in [-0.39, 0.29) is 140 Å². The molecule has 21 nitrogen and oxygen atoms in total. The third-order valence-corrected chi connectivity index (χ3v) is 8.33. The average Bonchev–Trinajstić information content (AvgIpc) is 3.01. The molecule has 1 aromatic heterocycles. The van der Waals surface area contributed by atoms with Crippen molar-refractivity contribution in [2.45, 2.75) is 96.7 Å². The van der Waals surface area contributed by atoms with Crippen molar-refractivity contribution in [3.8, 4) is 0 Å². The molecule has 3 amide bonds. The van der Waals surface area contributed by atoms with Crippen LogP contribution in [0.4, 0.5) is 14.4 Å². The molecule has 0 saturated carbocycles. The second-order valence-corrected chi connectivity index (χ2v) is 13.5. The van der Waals surface area contributed by atoms with Crippen molar-refractivity contribution >= 4 is 48.0 Å². The van der Waals surface area contributed by atoms with Gasteiger partial charge in [-0.05, 0) is 38.5 Å². The van der Waals surface area contributed by atoms with Crippen LogP contribution in [0.1, 0.15) is 77.0 Å². The number of nitrogens with one attached hydrogen (secondary N) is 3. The van der Waals surface area contributed by atoms with Gasteiger partial charge in [0.25, 0.3) is 0 Å². The predicted molar refractivity (Wildman–Crippen MR) is 164 cm³/mol. The van der Waals surface area contributed by atoms with E-state index in [0.29, 0.717) is 77.0 Å². The minimum absolute atomic E-state index is 0. The molecule has 3 N–H and O–H groups in total. The fourth-order valence-corrected chi connectivity index (χ4v) is 5.13. The summed E-state index contributed by atoms with van der Waals surface area (Å²) in [5.41, 5.74) is -2.38. The predicted octanol–water partition coefficient (Wildman–Crippen LogP) is -10.0. The summed E-state index contributed by atoms with van der Waals surface area (Å²) < 4.78 is 70.5. The minimum atomic E-state index is -5.08. The fourth-order valence-electron chi connectivity index (χ4n) is 4.32. The Bertz CT molecular complexity index is 1510. The zero-order valence-electron chi connectivity index (χ0n) is 28.9. The molecular weight excluding hydrogens is 777 g/mol. The molecule has 0 bridgehead atoms. The van der Waals surface area contributed by atoms with Gasteiger partial charge in [0.15, 0.2) is 20.2 Å². The van der Waals surface area contributed by atoms with Gasteiger partial charge in [0, 0.05) is 39.3 Å². The van der Waals surface area contributed by atoms with Crippen molar-refractivity contribution in [3.05, 3.63) is 31.5 Å². The van der Waals surface area contributed by atoms with Crippen LogP contribution in [0, 0.1) is 0 Å². The van der Waals surface area contributed by atoms with E-state index in [2.05, 4.69) is 14.7 Å². The van der Waals surface area contributed by atoms with Crippen molar-refractivity contribution in [3.63, 3.8) is 0 Å². The zero-order valence-corrected chi connectivity index (χ0v) is 37.4. The Morgan fingerprint density at radius 3 is 1.14 bits per heavy atom. The van der Waals surface area contributed by atoms with Crippen LogP contribution >= 0.6 is 12.0 Å². The molecule has 51 heavy (non-hydrogen) atoms. The number of carbonyl (C=O) groups is 3. The minimum Gasteiger partial charge on any atom is -0.740 e. The maximum atomic E-state index is 13.2. The van der Waals surface area contributed by atoms with E-state index in [1.165, 1.54) is 0 Å². The Morgan fingerprint density at radius 2 is 0.843 bits per heavy atom. The number of carbonyl (C=O) groups excluding carboxylic acids is 3. The van der Waals surface area contributed by atoms with Crippen LogP contribution in [0.2, 0.25) is 0 Å². The molecule has 0 spiro atoms. The SMILES string of the molecule is O=C(NCCCCCCn1c(=O)n(CCCCCCNC(=O)S(=O)(=O)[O-])c(=O)n(CCCCCCNC(=O)S(=O)(=O)[O-])c1=O)SOO[O-].[Na+].[Na+].[Na+]. The molecule has 0 aromatic carbocycles. The summed E-state index contributed by atoms with van der Waals surface area (Å²) in [6.45, 7) is 0.122. The molecule has 0 saturated heterocycles. The second-order valence-electron chi connectivity index (χ2n) is 10.3. The monoisotopic (exact) mass is 816 g/mol. The van der Waals surface area contributed by atoms with Gasteiger partial charge in [-0.15, -0.1) is 0 Å². The summed E-state index contributed by atoms with van der Waals surface area (Å²) in [5.74, 6) is 0. The van der Waals surface area contributed by atoms with Gasteiger partial charge in [-0.25, -0.2) is 44.9 Å². The van der Waals surface area contributed by atoms with E-state index in [1.54, 1.807) is 0 Å². The fraction of sp³-hybridized carbons (Fsp3) is 0.750. The summed E-state index contributed by atoms with van der Waals surface area (Å²) in [6, 6.07) is 0. The van der Waals surface area contributed by atoms with E-state index in [0.717, 1.165) is 13.7 Å². The van der Waals surface area contributed by atoms with E-state index >= 15 is 0 Å². The van der Waals surface area contributed by atoms with E-state index in [4.69, 9.17) is 0 Å². The summed E-state index contributed by atoms with van der Waals surface area (Å²) in [6.07, 6.45) is 5.38. The van der Waals surface area contributed by atoms with Crippen molar-refractivity contribution in [1.29, 1.82) is 0 Å². The summed E-state index contributed by atoms with van der Waals surface area (Å²) >= 11 is 0.194. The number of unbranched alkanes of at least 4 members (excludes halogenated alkanes) is 9. The molecule has 1 rings (SSSR count). The standard InChI is InChI=1S/C24H42N6O15S3.3Na/c31-19(46-45-44-37)25-13-7-1-4-10-16-28-22(34)29(17-11-5-2-8-14-26-20(32)47(38,39)40)24(36)30(23(28)35)18-12-6-3-9-15-27-21(33)48(41,42)43;;;/h37H,1-18H2,(H,25,31)(H,26,32)(H,27,33)(H,38,39,40)(H,41,42,43);;;/q;3*+1/p-3. The quantitative estimate of drug-likeness (QED) is 0.0231. The first-order valence-corrected chi connectivity index (χ1v) is 18.5. The van der Waals surface area contributed by atoms with E-state index in [9.17, 15) is 60.0 Å². The molecule has 0 aliphatic rings. The van der Waals surface area contributed by atoms with Gasteiger partial charge in [-0.2, -0.15) is 4.33 Å². The van der Waals surface area contributed by atoms with Crippen molar-refractivity contribution < 1.29 is 144 Å². The van der Waals surface area contributed by atoms with E-state index in [1.807, 2.05) is 10.6 Å². The van der Waals surface area contributed by atoms with Gasteiger partial charge in [-0.1, -0.05) is 38.5 Å². The Kier molecular flexibility index (Phi) is 32.6.